The Labute approximate surface area is 148 Å². The van der Waals surface area contributed by atoms with Crippen LogP contribution in [-0.4, -0.2) is 25.5 Å². The molecule has 26 heavy (non-hydrogen) atoms. The van der Waals surface area contributed by atoms with Crippen LogP contribution in [0, 0.1) is 0 Å². The van der Waals surface area contributed by atoms with Gasteiger partial charge in [0.25, 0.3) is 5.91 Å². The van der Waals surface area contributed by atoms with Gasteiger partial charge in [0.1, 0.15) is 5.75 Å². The summed E-state index contributed by atoms with van der Waals surface area (Å²) in [6.07, 6.45) is -4.46. The van der Waals surface area contributed by atoms with Crippen molar-refractivity contribution in [2.45, 2.75) is 12.7 Å². The summed E-state index contributed by atoms with van der Waals surface area (Å²) >= 11 is 0. The standard InChI is InChI=1S/C18H17F3N2O3/c1-26-15-5-3-2-4-13(15)10-22-16(24)11-23-17(25)12-6-8-14(9-7-12)18(19,20)21/h2-9H,10-11H2,1H3,(H,22,24)(H,23,25). The van der Waals surface area contributed by atoms with Crippen molar-refractivity contribution in [1.82, 2.24) is 10.6 Å². The van der Waals surface area contributed by atoms with Gasteiger partial charge in [0.2, 0.25) is 5.91 Å². The number of amides is 2. The number of hydrogen-bond donors (Lipinski definition) is 2. The molecule has 2 N–H and O–H groups in total. The van der Waals surface area contributed by atoms with E-state index in [1.807, 2.05) is 0 Å². The minimum absolute atomic E-state index is 0.0375. The lowest BCUT2D eigenvalue weighted by molar-refractivity contribution is -0.137. The molecule has 0 aliphatic rings. The van der Waals surface area contributed by atoms with Crippen LogP contribution in [-0.2, 0) is 17.5 Å². The maximum absolute atomic E-state index is 12.5. The largest absolute Gasteiger partial charge is 0.496 e. The van der Waals surface area contributed by atoms with Crippen molar-refractivity contribution in [3.63, 3.8) is 0 Å². The Bertz CT molecular complexity index is 774. The SMILES string of the molecule is COc1ccccc1CNC(=O)CNC(=O)c1ccc(C(F)(F)F)cc1. The van der Waals surface area contributed by atoms with Gasteiger partial charge >= 0.3 is 6.18 Å². The normalized spacial score (nSPS) is 10.9. The fourth-order valence-electron chi connectivity index (χ4n) is 2.18. The van der Waals surface area contributed by atoms with Gasteiger partial charge < -0.3 is 15.4 Å². The first-order chi connectivity index (χ1) is 12.3. The molecule has 0 spiro atoms. The van der Waals surface area contributed by atoms with Gasteiger partial charge in [-0.15, -0.1) is 0 Å². The number of hydrogen-bond acceptors (Lipinski definition) is 3. The molecule has 0 aliphatic carbocycles. The van der Waals surface area contributed by atoms with Crippen molar-refractivity contribution in [3.8, 4) is 5.75 Å². The Hall–Kier alpha value is -3.03. The van der Waals surface area contributed by atoms with Crippen molar-refractivity contribution in [3.05, 3.63) is 65.2 Å². The number of ether oxygens (including phenoxy) is 1. The number of halogens is 3. The Balaban J connectivity index is 1.84. The van der Waals surface area contributed by atoms with Crippen LogP contribution < -0.4 is 15.4 Å². The van der Waals surface area contributed by atoms with Crippen LogP contribution in [0.2, 0.25) is 0 Å². The summed E-state index contributed by atoms with van der Waals surface area (Å²) in [7, 11) is 1.52. The highest BCUT2D eigenvalue weighted by atomic mass is 19.4. The third-order valence-electron chi connectivity index (χ3n) is 3.55. The van der Waals surface area contributed by atoms with E-state index in [9.17, 15) is 22.8 Å². The number of carbonyl (C=O) groups is 2. The molecule has 2 rings (SSSR count). The molecule has 0 heterocycles. The number of methoxy groups -OCH3 is 1. The number of carbonyl (C=O) groups excluding carboxylic acids is 2. The second kappa shape index (κ2) is 8.37. The molecular formula is C18H17F3N2O3. The average molecular weight is 366 g/mol. The zero-order chi connectivity index (χ0) is 19.2. The Morgan fingerprint density at radius 2 is 1.65 bits per heavy atom. The third kappa shape index (κ3) is 5.23. The van der Waals surface area contributed by atoms with Crippen LogP contribution >= 0.6 is 0 Å². The third-order valence-corrected chi connectivity index (χ3v) is 3.55. The van der Waals surface area contributed by atoms with Crippen LogP contribution in [0.3, 0.4) is 0 Å². The molecule has 0 aromatic heterocycles. The highest BCUT2D eigenvalue weighted by Gasteiger charge is 2.30. The van der Waals surface area contributed by atoms with Crippen molar-refractivity contribution in [2.75, 3.05) is 13.7 Å². The molecule has 0 fully saturated rings. The quantitative estimate of drug-likeness (QED) is 0.826. The van der Waals surface area contributed by atoms with Crippen molar-refractivity contribution in [1.29, 1.82) is 0 Å². The zero-order valence-electron chi connectivity index (χ0n) is 13.9. The number of rotatable bonds is 6. The maximum Gasteiger partial charge on any atom is 0.416 e. The van der Waals surface area contributed by atoms with E-state index in [1.54, 1.807) is 24.3 Å². The Morgan fingerprint density at radius 1 is 1.00 bits per heavy atom. The first-order valence-electron chi connectivity index (χ1n) is 7.65. The molecule has 2 aromatic rings. The van der Waals surface area contributed by atoms with Gasteiger partial charge in [0.15, 0.2) is 0 Å². The fourth-order valence-corrected chi connectivity index (χ4v) is 2.18. The lowest BCUT2D eigenvalue weighted by Crippen LogP contribution is -2.36. The molecule has 0 unspecified atom stereocenters. The van der Waals surface area contributed by atoms with E-state index in [-0.39, 0.29) is 18.7 Å². The molecule has 0 radical (unpaired) electrons. The average Bonchev–Trinajstić information content (AvgIpc) is 2.64. The molecular weight excluding hydrogens is 349 g/mol. The summed E-state index contributed by atoms with van der Waals surface area (Å²) in [6.45, 7) is -0.0754. The van der Waals surface area contributed by atoms with Gasteiger partial charge in [0, 0.05) is 17.7 Å². The van der Waals surface area contributed by atoms with E-state index in [1.165, 1.54) is 7.11 Å². The lowest BCUT2D eigenvalue weighted by atomic mass is 10.1. The van der Waals surface area contributed by atoms with Crippen molar-refractivity contribution >= 4 is 11.8 Å². The summed E-state index contributed by atoms with van der Waals surface area (Å²) in [4.78, 5) is 23.7. The summed E-state index contributed by atoms with van der Waals surface area (Å²) in [5, 5.41) is 4.99. The van der Waals surface area contributed by atoms with E-state index in [4.69, 9.17) is 4.74 Å². The first kappa shape index (κ1) is 19.3. The van der Waals surface area contributed by atoms with Gasteiger partial charge in [-0.2, -0.15) is 13.2 Å². The van der Waals surface area contributed by atoms with Crippen LogP contribution in [0.4, 0.5) is 13.2 Å². The molecule has 0 saturated carbocycles. The van der Waals surface area contributed by atoms with E-state index >= 15 is 0 Å². The minimum atomic E-state index is -4.46. The minimum Gasteiger partial charge on any atom is -0.496 e. The number of alkyl halides is 3. The highest BCUT2D eigenvalue weighted by Crippen LogP contribution is 2.29. The topological polar surface area (TPSA) is 67.4 Å². The molecule has 2 aromatic carbocycles. The molecule has 0 atom stereocenters. The number of benzene rings is 2. The Morgan fingerprint density at radius 3 is 2.27 bits per heavy atom. The second-order valence-electron chi connectivity index (χ2n) is 5.35. The highest BCUT2D eigenvalue weighted by molar-refractivity contribution is 5.96. The molecule has 2 amide bonds. The number of para-hydroxylation sites is 1. The molecule has 0 aliphatic heterocycles. The van der Waals surface area contributed by atoms with E-state index in [0.717, 1.165) is 29.8 Å². The van der Waals surface area contributed by atoms with Gasteiger partial charge in [-0.25, -0.2) is 0 Å². The molecule has 0 saturated heterocycles. The van der Waals surface area contributed by atoms with Gasteiger partial charge in [-0.1, -0.05) is 18.2 Å². The van der Waals surface area contributed by atoms with E-state index in [0.29, 0.717) is 5.75 Å². The van der Waals surface area contributed by atoms with Gasteiger partial charge in [-0.3, -0.25) is 9.59 Å². The summed E-state index contributed by atoms with van der Waals surface area (Å²) < 4.78 is 42.6. The molecule has 5 nitrogen and oxygen atoms in total. The zero-order valence-corrected chi connectivity index (χ0v) is 13.9. The lowest BCUT2D eigenvalue weighted by Gasteiger charge is -2.10. The first-order valence-corrected chi connectivity index (χ1v) is 7.65. The predicted molar refractivity (Wildman–Crippen MR) is 88.6 cm³/mol. The molecule has 8 heteroatoms. The summed E-state index contributed by atoms with van der Waals surface area (Å²) in [5.41, 5.74) is -0.0310. The van der Waals surface area contributed by atoms with Crippen LogP contribution in [0.5, 0.6) is 5.75 Å². The monoisotopic (exact) mass is 366 g/mol. The van der Waals surface area contributed by atoms with Gasteiger partial charge in [-0.05, 0) is 30.3 Å². The van der Waals surface area contributed by atoms with Crippen molar-refractivity contribution < 1.29 is 27.5 Å². The summed E-state index contributed by atoms with van der Waals surface area (Å²) in [5.74, 6) is -0.441. The summed E-state index contributed by atoms with van der Waals surface area (Å²) in [6, 6.07) is 10.9. The predicted octanol–water partition coefficient (Wildman–Crippen LogP) is 2.76. The number of nitrogens with one attached hydrogen (secondary N) is 2. The Kier molecular flexibility index (Phi) is 6.21. The fraction of sp³-hybridized carbons (Fsp3) is 0.222. The van der Waals surface area contributed by atoms with E-state index < -0.39 is 23.6 Å². The van der Waals surface area contributed by atoms with Crippen LogP contribution in [0.1, 0.15) is 21.5 Å². The smallest absolute Gasteiger partial charge is 0.416 e. The van der Waals surface area contributed by atoms with Crippen LogP contribution in [0.15, 0.2) is 48.5 Å². The molecule has 138 valence electrons. The van der Waals surface area contributed by atoms with Crippen molar-refractivity contribution in [2.24, 2.45) is 0 Å². The molecule has 0 bridgehead atoms. The van der Waals surface area contributed by atoms with Crippen LogP contribution in [0.25, 0.3) is 0 Å². The van der Waals surface area contributed by atoms with E-state index in [2.05, 4.69) is 10.6 Å². The van der Waals surface area contributed by atoms with Gasteiger partial charge in [0.05, 0.1) is 19.2 Å². The second-order valence-corrected chi connectivity index (χ2v) is 5.35. The maximum atomic E-state index is 12.5.